The number of benzene rings is 1. The summed E-state index contributed by atoms with van der Waals surface area (Å²) in [5.41, 5.74) is 5.39. The molecule has 1 N–H and O–H groups in total. The highest BCUT2D eigenvalue weighted by Gasteiger charge is 2.43. The smallest absolute Gasteiger partial charge is 0.00323 e. The third kappa shape index (κ3) is 1.34. The molecule has 0 unspecified atom stereocenters. The molecule has 1 aromatic rings. The summed E-state index contributed by atoms with van der Waals surface area (Å²) in [5, 5.41) is 3.58. The molecule has 2 atom stereocenters. The van der Waals surface area contributed by atoms with Crippen LogP contribution >= 0.6 is 0 Å². The Hall–Kier alpha value is -0.820. The Morgan fingerprint density at radius 3 is 3.12 bits per heavy atom. The molecule has 0 aromatic heterocycles. The molecule has 1 saturated heterocycles. The van der Waals surface area contributed by atoms with Crippen LogP contribution in [0.1, 0.15) is 42.9 Å². The zero-order valence-corrected chi connectivity index (χ0v) is 10.3. The van der Waals surface area contributed by atoms with Crippen LogP contribution in [-0.2, 0) is 12.8 Å². The molecule has 1 aliphatic heterocycles. The molecule has 1 heterocycles. The van der Waals surface area contributed by atoms with Crippen LogP contribution in [-0.4, -0.2) is 13.1 Å². The lowest BCUT2D eigenvalue weighted by molar-refractivity contribution is 0.277. The molecule has 1 fully saturated rings. The average molecular weight is 215 g/mol. The van der Waals surface area contributed by atoms with Crippen molar-refractivity contribution in [2.24, 2.45) is 5.41 Å². The minimum Gasteiger partial charge on any atom is -0.316 e. The monoisotopic (exact) mass is 215 g/mol. The van der Waals surface area contributed by atoms with E-state index >= 15 is 0 Å². The molecule has 0 saturated carbocycles. The maximum Gasteiger partial charge on any atom is 0.00323 e. The van der Waals surface area contributed by atoms with Gasteiger partial charge in [0.25, 0.3) is 0 Å². The summed E-state index contributed by atoms with van der Waals surface area (Å²) in [6.45, 7) is 7.11. The Labute approximate surface area is 98.3 Å². The molecular weight excluding hydrogens is 194 g/mol. The maximum absolute atomic E-state index is 3.58. The number of fused-ring (bicyclic) bond motifs is 3. The second-order valence-electron chi connectivity index (χ2n) is 5.68. The van der Waals surface area contributed by atoms with E-state index in [2.05, 4.69) is 37.4 Å². The highest BCUT2D eigenvalue weighted by atomic mass is 14.9. The van der Waals surface area contributed by atoms with E-state index < -0.39 is 0 Å². The summed E-state index contributed by atoms with van der Waals surface area (Å²) >= 11 is 0. The first kappa shape index (κ1) is 10.3. The van der Waals surface area contributed by atoms with Crippen molar-refractivity contribution in [3.8, 4) is 0 Å². The molecule has 1 aliphatic carbocycles. The Morgan fingerprint density at radius 1 is 1.44 bits per heavy atom. The van der Waals surface area contributed by atoms with Gasteiger partial charge in [-0.05, 0) is 41.4 Å². The maximum atomic E-state index is 3.58. The minimum absolute atomic E-state index is 0.513. The third-order valence-corrected chi connectivity index (χ3v) is 4.73. The molecule has 1 heteroatoms. The SMILES string of the molecule is CCc1cccc2c1CC[C@]1(C)CNC[C@H]21. The van der Waals surface area contributed by atoms with Gasteiger partial charge in [-0.3, -0.25) is 0 Å². The molecule has 86 valence electrons. The third-order valence-electron chi connectivity index (χ3n) is 4.73. The van der Waals surface area contributed by atoms with Crippen molar-refractivity contribution in [1.82, 2.24) is 5.32 Å². The predicted molar refractivity (Wildman–Crippen MR) is 67.9 cm³/mol. The van der Waals surface area contributed by atoms with E-state index in [0.717, 1.165) is 5.92 Å². The van der Waals surface area contributed by atoms with Crippen LogP contribution in [0.2, 0.25) is 0 Å². The fourth-order valence-electron chi connectivity index (χ4n) is 3.65. The fraction of sp³-hybridized carbons (Fsp3) is 0.600. The zero-order valence-electron chi connectivity index (χ0n) is 10.3. The lowest BCUT2D eigenvalue weighted by Gasteiger charge is -2.37. The Kier molecular flexibility index (Phi) is 2.32. The largest absolute Gasteiger partial charge is 0.316 e. The van der Waals surface area contributed by atoms with Gasteiger partial charge >= 0.3 is 0 Å². The average Bonchev–Trinajstić information content (AvgIpc) is 2.70. The lowest BCUT2D eigenvalue weighted by atomic mass is 9.66. The van der Waals surface area contributed by atoms with Crippen LogP contribution in [0.3, 0.4) is 0 Å². The number of nitrogens with one attached hydrogen (secondary N) is 1. The van der Waals surface area contributed by atoms with Crippen molar-refractivity contribution >= 4 is 0 Å². The molecule has 2 aliphatic rings. The van der Waals surface area contributed by atoms with Crippen molar-refractivity contribution in [3.05, 3.63) is 34.9 Å². The van der Waals surface area contributed by atoms with Gasteiger partial charge in [-0.15, -0.1) is 0 Å². The van der Waals surface area contributed by atoms with Gasteiger partial charge in [0.05, 0.1) is 0 Å². The van der Waals surface area contributed by atoms with Gasteiger partial charge < -0.3 is 5.32 Å². The van der Waals surface area contributed by atoms with Crippen LogP contribution in [0.5, 0.6) is 0 Å². The van der Waals surface area contributed by atoms with Crippen molar-refractivity contribution in [2.75, 3.05) is 13.1 Å². The predicted octanol–water partition coefficient (Wildman–Crippen LogP) is 2.89. The van der Waals surface area contributed by atoms with Gasteiger partial charge in [-0.2, -0.15) is 0 Å². The van der Waals surface area contributed by atoms with E-state index in [1.807, 2.05) is 0 Å². The second kappa shape index (κ2) is 3.59. The van der Waals surface area contributed by atoms with E-state index in [4.69, 9.17) is 0 Å². The second-order valence-corrected chi connectivity index (χ2v) is 5.68. The van der Waals surface area contributed by atoms with Crippen LogP contribution in [0, 0.1) is 5.41 Å². The van der Waals surface area contributed by atoms with E-state index in [9.17, 15) is 0 Å². The number of hydrogen-bond donors (Lipinski definition) is 1. The summed E-state index contributed by atoms with van der Waals surface area (Å²) < 4.78 is 0. The summed E-state index contributed by atoms with van der Waals surface area (Å²) in [6.07, 6.45) is 3.82. The molecule has 16 heavy (non-hydrogen) atoms. The van der Waals surface area contributed by atoms with Gasteiger partial charge in [-0.1, -0.05) is 32.0 Å². The molecule has 1 nitrogen and oxygen atoms in total. The van der Waals surface area contributed by atoms with E-state index in [0.29, 0.717) is 5.41 Å². The van der Waals surface area contributed by atoms with Crippen LogP contribution in [0.4, 0.5) is 0 Å². The van der Waals surface area contributed by atoms with Gasteiger partial charge in [0.1, 0.15) is 0 Å². The van der Waals surface area contributed by atoms with E-state index in [1.165, 1.54) is 32.4 Å². The Morgan fingerprint density at radius 2 is 2.31 bits per heavy atom. The summed E-state index contributed by atoms with van der Waals surface area (Å²) in [5.74, 6) is 0.753. The lowest BCUT2D eigenvalue weighted by Crippen LogP contribution is -2.30. The fourth-order valence-corrected chi connectivity index (χ4v) is 3.65. The molecule has 0 amide bonds. The normalized spacial score (nSPS) is 32.2. The molecule has 0 radical (unpaired) electrons. The minimum atomic E-state index is 0.513. The summed E-state index contributed by atoms with van der Waals surface area (Å²) in [7, 11) is 0. The van der Waals surface area contributed by atoms with Gasteiger partial charge in [0, 0.05) is 19.0 Å². The summed E-state index contributed by atoms with van der Waals surface area (Å²) in [4.78, 5) is 0. The molecular formula is C15H21N. The van der Waals surface area contributed by atoms with Crippen LogP contribution in [0.15, 0.2) is 18.2 Å². The van der Waals surface area contributed by atoms with Crippen molar-refractivity contribution in [2.45, 2.75) is 39.0 Å². The van der Waals surface area contributed by atoms with Crippen LogP contribution < -0.4 is 5.32 Å². The quantitative estimate of drug-likeness (QED) is 0.759. The molecule has 3 rings (SSSR count). The molecule has 0 bridgehead atoms. The van der Waals surface area contributed by atoms with E-state index in [1.54, 1.807) is 16.7 Å². The summed E-state index contributed by atoms with van der Waals surface area (Å²) in [6, 6.07) is 6.93. The zero-order chi connectivity index (χ0) is 11.2. The Bertz CT molecular complexity index is 410. The first-order valence-corrected chi connectivity index (χ1v) is 6.56. The van der Waals surface area contributed by atoms with Crippen molar-refractivity contribution in [1.29, 1.82) is 0 Å². The van der Waals surface area contributed by atoms with Gasteiger partial charge in [0.2, 0.25) is 0 Å². The van der Waals surface area contributed by atoms with Gasteiger partial charge in [-0.25, -0.2) is 0 Å². The number of aryl methyl sites for hydroxylation is 1. The van der Waals surface area contributed by atoms with Gasteiger partial charge in [0.15, 0.2) is 0 Å². The number of rotatable bonds is 1. The number of hydrogen-bond acceptors (Lipinski definition) is 1. The first-order valence-electron chi connectivity index (χ1n) is 6.56. The van der Waals surface area contributed by atoms with Crippen molar-refractivity contribution in [3.63, 3.8) is 0 Å². The van der Waals surface area contributed by atoms with Crippen molar-refractivity contribution < 1.29 is 0 Å². The highest BCUT2D eigenvalue weighted by Crippen LogP contribution is 2.48. The highest BCUT2D eigenvalue weighted by molar-refractivity contribution is 5.42. The molecule has 0 spiro atoms. The van der Waals surface area contributed by atoms with Crippen LogP contribution in [0.25, 0.3) is 0 Å². The first-order chi connectivity index (χ1) is 7.74. The standard InChI is InChI=1S/C15H21N/c1-3-11-5-4-6-13-12(11)7-8-15(2)10-16-9-14(13)15/h4-6,14,16H,3,7-10H2,1-2H3/t14-,15-/m1/s1. The van der Waals surface area contributed by atoms with E-state index in [-0.39, 0.29) is 0 Å². The molecule has 1 aromatic carbocycles. The topological polar surface area (TPSA) is 12.0 Å². The Balaban J connectivity index is 2.10.